The van der Waals surface area contributed by atoms with Gasteiger partial charge in [0.25, 0.3) is 5.56 Å². The number of carbonyl (C=O) groups excluding carboxylic acids is 2. The van der Waals surface area contributed by atoms with E-state index in [1.54, 1.807) is 6.07 Å². The molecule has 0 aliphatic heterocycles. The fraction of sp³-hybridized carbons (Fsp3) is 0.292. The van der Waals surface area contributed by atoms with Gasteiger partial charge < -0.3 is 10.6 Å². The highest BCUT2D eigenvalue weighted by molar-refractivity contribution is 7.99. The van der Waals surface area contributed by atoms with Gasteiger partial charge in [-0.2, -0.15) is 0 Å². The second-order valence-corrected chi connectivity index (χ2v) is 8.76. The van der Waals surface area contributed by atoms with E-state index in [0.717, 1.165) is 46.1 Å². The van der Waals surface area contributed by atoms with Crippen molar-refractivity contribution in [1.82, 2.24) is 15.2 Å². The predicted octanol–water partition coefficient (Wildman–Crippen LogP) is 4.01. The summed E-state index contributed by atoms with van der Waals surface area (Å²) < 4.78 is 0. The molecule has 2 amide bonds. The quantitative estimate of drug-likeness (QED) is 0.454. The van der Waals surface area contributed by atoms with Gasteiger partial charge in [-0.1, -0.05) is 48.5 Å². The maximum Gasteiger partial charge on any atom is 0.278 e. The Morgan fingerprint density at radius 3 is 2.45 bits per heavy atom. The first kappa shape index (κ1) is 24.2. The zero-order chi connectivity index (χ0) is 24.1. The van der Waals surface area contributed by atoms with Crippen molar-refractivity contribution in [2.45, 2.75) is 46.2 Å². The van der Waals surface area contributed by atoms with E-state index in [9.17, 15) is 14.4 Å². The molecule has 2 aromatic carbocycles. The van der Waals surface area contributed by atoms with Crippen molar-refractivity contribution in [3.8, 4) is 11.3 Å². The summed E-state index contributed by atoms with van der Waals surface area (Å²) in [6.45, 7) is 9.14. The van der Waals surface area contributed by atoms with E-state index in [1.807, 2.05) is 52.0 Å². The minimum absolute atomic E-state index is 0.0716. The number of carbonyl (C=O) groups is 2. The van der Waals surface area contributed by atoms with Crippen LogP contribution in [0.1, 0.15) is 36.1 Å². The Hall–Kier alpha value is -3.46. The summed E-state index contributed by atoms with van der Waals surface area (Å²) in [6.07, 6.45) is 0.809. The third-order valence-corrected chi connectivity index (χ3v) is 5.92. The molecule has 0 atom stereocenters. The first-order valence-corrected chi connectivity index (χ1v) is 11.6. The SMILES string of the molecule is CCc1cccc(C)c1NC(=O)CSc1nnc(-c2cc(C)cc(C)c2NC(C)=O)c(=O)[nH]1. The minimum Gasteiger partial charge on any atom is -0.325 e. The minimum atomic E-state index is -0.448. The number of hydrogen-bond acceptors (Lipinski definition) is 6. The summed E-state index contributed by atoms with van der Waals surface area (Å²) in [7, 11) is 0. The van der Waals surface area contributed by atoms with Crippen LogP contribution in [0.25, 0.3) is 11.3 Å². The highest BCUT2D eigenvalue weighted by Crippen LogP contribution is 2.29. The topological polar surface area (TPSA) is 117 Å². The number of aromatic amines is 1. The van der Waals surface area contributed by atoms with Crippen molar-refractivity contribution in [1.29, 1.82) is 0 Å². The molecule has 0 saturated heterocycles. The lowest BCUT2D eigenvalue weighted by Gasteiger charge is -2.14. The lowest BCUT2D eigenvalue weighted by atomic mass is 10.0. The van der Waals surface area contributed by atoms with Gasteiger partial charge in [0.15, 0.2) is 10.9 Å². The number of amides is 2. The smallest absolute Gasteiger partial charge is 0.278 e. The number of aryl methyl sites for hydroxylation is 4. The average molecular weight is 466 g/mol. The second-order valence-electron chi connectivity index (χ2n) is 7.79. The van der Waals surface area contributed by atoms with Crippen LogP contribution in [-0.2, 0) is 16.0 Å². The fourth-order valence-electron chi connectivity index (χ4n) is 3.57. The summed E-state index contributed by atoms with van der Waals surface area (Å²) in [6, 6.07) is 9.60. The van der Waals surface area contributed by atoms with Gasteiger partial charge in [0, 0.05) is 18.2 Å². The van der Waals surface area contributed by atoms with Gasteiger partial charge in [0.1, 0.15) is 0 Å². The molecule has 3 N–H and O–H groups in total. The van der Waals surface area contributed by atoms with Crippen molar-refractivity contribution in [3.05, 3.63) is 62.9 Å². The van der Waals surface area contributed by atoms with Gasteiger partial charge in [0.05, 0.1) is 11.4 Å². The van der Waals surface area contributed by atoms with E-state index in [4.69, 9.17) is 0 Å². The second kappa shape index (κ2) is 10.4. The van der Waals surface area contributed by atoms with E-state index < -0.39 is 5.56 Å². The summed E-state index contributed by atoms with van der Waals surface area (Å²) >= 11 is 1.10. The predicted molar refractivity (Wildman–Crippen MR) is 132 cm³/mol. The number of benzene rings is 2. The van der Waals surface area contributed by atoms with Crippen molar-refractivity contribution in [3.63, 3.8) is 0 Å². The molecule has 0 spiro atoms. The monoisotopic (exact) mass is 465 g/mol. The molecule has 3 aromatic rings. The number of nitrogens with one attached hydrogen (secondary N) is 3. The molecule has 172 valence electrons. The molecule has 8 nitrogen and oxygen atoms in total. The molecular formula is C24H27N5O3S. The fourth-order valence-corrected chi connectivity index (χ4v) is 4.17. The number of thioether (sulfide) groups is 1. The third-order valence-electron chi connectivity index (χ3n) is 5.06. The number of nitrogens with zero attached hydrogens (tertiary/aromatic N) is 2. The molecule has 0 unspecified atom stereocenters. The van der Waals surface area contributed by atoms with Crippen LogP contribution in [0.4, 0.5) is 11.4 Å². The van der Waals surface area contributed by atoms with Crippen LogP contribution in [0, 0.1) is 20.8 Å². The van der Waals surface area contributed by atoms with Gasteiger partial charge in [0.2, 0.25) is 11.8 Å². The van der Waals surface area contributed by atoms with E-state index >= 15 is 0 Å². The van der Waals surface area contributed by atoms with Crippen LogP contribution < -0.4 is 16.2 Å². The van der Waals surface area contributed by atoms with Gasteiger partial charge in [-0.3, -0.25) is 19.4 Å². The molecular weight excluding hydrogens is 438 g/mol. The Labute approximate surface area is 196 Å². The maximum absolute atomic E-state index is 12.8. The van der Waals surface area contributed by atoms with Gasteiger partial charge >= 0.3 is 0 Å². The maximum atomic E-state index is 12.8. The average Bonchev–Trinajstić information content (AvgIpc) is 2.75. The van der Waals surface area contributed by atoms with Crippen molar-refractivity contribution in [2.24, 2.45) is 0 Å². The van der Waals surface area contributed by atoms with Crippen molar-refractivity contribution < 1.29 is 9.59 Å². The Morgan fingerprint density at radius 1 is 1.03 bits per heavy atom. The number of H-pyrrole nitrogens is 1. The number of aromatic nitrogens is 3. The van der Waals surface area contributed by atoms with E-state index in [0.29, 0.717) is 11.3 Å². The van der Waals surface area contributed by atoms with Gasteiger partial charge in [-0.15, -0.1) is 10.2 Å². The molecule has 33 heavy (non-hydrogen) atoms. The van der Waals surface area contributed by atoms with E-state index in [-0.39, 0.29) is 28.4 Å². The summed E-state index contributed by atoms with van der Waals surface area (Å²) in [5.74, 6) is -0.369. The first-order chi connectivity index (χ1) is 15.7. The van der Waals surface area contributed by atoms with E-state index in [2.05, 4.69) is 25.8 Å². The summed E-state index contributed by atoms with van der Waals surface area (Å²) in [4.78, 5) is 39.6. The van der Waals surface area contributed by atoms with Crippen molar-refractivity contribution in [2.75, 3.05) is 16.4 Å². The van der Waals surface area contributed by atoms with E-state index in [1.165, 1.54) is 6.92 Å². The Balaban J connectivity index is 1.78. The van der Waals surface area contributed by atoms with Crippen LogP contribution in [0.2, 0.25) is 0 Å². The highest BCUT2D eigenvalue weighted by atomic mass is 32.2. The van der Waals surface area contributed by atoms with Gasteiger partial charge in [-0.25, -0.2) is 0 Å². The standard InChI is InChI=1S/C24H27N5O3S/c1-6-17-9-7-8-14(3)20(17)26-19(31)12-33-24-27-23(32)22(28-29-24)18-11-13(2)10-15(4)21(18)25-16(5)30/h7-11H,6,12H2,1-5H3,(H,25,30)(H,26,31)(H,27,29,32). The summed E-state index contributed by atoms with van der Waals surface area (Å²) in [5.41, 5.74) is 5.30. The molecule has 0 saturated carbocycles. The normalized spacial score (nSPS) is 10.7. The van der Waals surface area contributed by atoms with Crippen LogP contribution in [0.15, 0.2) is 40.3 Å². The Kier molecular flexibility index (Phi) is 7.65. The lowest BCUT2D eigenvalue weighted by Crippen LogP contribution is -2.19. The van der Waals surface area contributed by atoms with Crippen molar-refractivity contribution >= 4 is 35.0 Å². The zero-order valence-corrected chi connectivity index (χ0v) is 20.1. The molecule has 0 bridgehead atoms. The number of anilines is 2. The molecule has 0 fully saturated rings. The number of hydrogen-bond donors (Lipinski definition) is 3. The summed E-state index contributed by atoms with van der Waals surface area (Å²) in [5, 5.41) is 14.2. The molecule has 0 aliphatic rings. The molecule has 0 radical (unpaired) electrons. The van der Waals surface area contributed by atoms with Crippen LogP contribution in [0.3, 0.4) is 0 Å². The molecule has 3 rings (SSSR count). The largest absolute Gasteiger partial charge is 0.325 e. The Morgan fingerprint density at radius 2 is 1.79 bits per heavy atom. The third kappa shape index (κ3) is 5.87. The first-order valence-electron chi connectivity index (χ1n) is 10.6. The lowest BCUT2D eigenvalue weighted by molar-refractivity contribution is -0.114. The molecule has 9 heteroatoms. The highest BCUT2D eigenvalue weighted by Gasteiger charge is 2.17. The zero-order valence-electron chi connectivity index (χ0n) is 19.3. The Bertz CT molecular complexity index is 1270. The molecule has 1 aromatic heterocycles. The molecule has 0 aliphatic carbocycles. The van der Waals surface area contributed by atoms with Gasteiger partial charge in [-0.05, 0) is 49.9 Å². The van der Waals surface area contributed by atoms with Crippen LogP contribution >= 0.6 is 11.8 Å². The number of rotatable bonds is 7. The van der Waals surface area contributed by atoms with Crippen LogP contribution in [-0.4, -0.2) is 32.7 Å². The molecule has 1 heterocycles. The van der Waals surface area contributed by atoms with Crippen LogP contribution in [0.5, 0.6) is 0 Å². The number of para-hydroxylation sites is 1.